The summed E-state index contributed by atoms with van der Waals surface area (Å²) in [6, 6.07) is 1.77. The smallest absolute Gasteiger partial charge is 0.124 e. The Balaban J connectivity index is 2.46. The molecule has 3 N–H and O–H groups in total. The molecule has 0 atom stereocenters. The molecule has 2 rings (SSSR count). The lowest BCUT2D eigenvalue weighted by Gasteiger charge is -1.92. The molecule has 12 heavy (non-hydrogen) atoms. The second-order valence-electron chi connectivity index (χ2n) is 2.35. The maximum atomic E-state index is 5.47. The minimum absolute atomic E-state index is 0.419. The van der Waals surface area contributed by atoms with Crippen LogP contribution in [0.4, 0.5) is 0 Å². The molecule has 0 saturated heterocycles. The topological polar surface area (TPSA) is 80.7 Å². The average molecular weight is 164 g/mol. The van der Waals surface area contributed by atoms with Gasteiger partial charge in [-0.3, -0.25) is 5.10 Å². The number of hydrogen-bond acceptors (Lipinski definition) is 4. The molecular formula is C7H8N4O. The number of H-pyrrole nitrogens is 1. The van der Waals surface area contributed by atoms with Gasteiger partial charge in [-0.1, -0.05) is 5.16 Å². The first kappa shape index (κ1) is 7.05. The van der Waals surface area contributed by atoms with Crippen molar-refractivity contribution >= 4 is 0 Å². The third-order valence-corrected chi connectivity index (χ3v) is 1.64. The molecule has 0 aliphatic carbocycles. The zero-order valence-corrected chi connectivity index (χ0v) is 6.32. The van der Waals surface area contributed by atoms with E-state index in [1.807, 2.05) is 0 Å². The van der Waals surface area contributed by atoms with E-state index in [0.29, 0.717) is 6.54 Å². The van der Waals surface area contributed by atoms with Gasteiger partial charge < -0.3 is 10.3 Å². The van der Waals surface area contributed by atoms with Gasteiger partial charge in [0.25, 0.3) is 0 Å². The minimum atomic E-state index is 0.419. The Bertz CT molecular complexity index is 351. The van der Waals surface area contributed by atoms with Gasteiger partial charge in [-0.25, -0.2) is 0 Å². The highest BCUT2D eigenvalue weighted by Gasteiger charge is 2.07. The summed E-state index contributed by atoms with van der Waals surface area (Å²) in [6.07, 6.45) is 3.20. The lowest BCUT2D eigenvalue weighted by molar-refractivity contribution is 0.422. The Morgan fingerprint density at radius 2 is 2.50 bits per heavy atom. The van der Waals surface area contributed by atoms with E-state index in [1.54, 1.807) is 12.3 Å². The van der Waals surface area contributed by atoms with Crippen LogP contribution in [0.25, 0.3) is 11.3 Å². The molecule has 0 radical (unpaired) electrons. The lowest BCUT2D eigenvalue weighted by atomic mass is 10.2. The maximum Gasteiger partial charge on any atom is 0.124 e. The van der Waals surface area contributed by atoms with Crippen LogP contribution < -0.4 is 5.73 Å². The molecule has 0 amide bonds. The standard InChI is InChI=1S/C7H8N4O/c8-3-7-5(4-9-10-7)6-1-2-12-11-6/h1-2,4H,3,8H2,(H,9,10). The van der Waals surface area contributed by atoms with Crippen molar-refractivity contribution in [2.24, 2.45) is 5.73 Å². The molecule has 2 aromatic rings. The van der Waals surface area contributed by atoms with Crippen molar-refractivity contribution < 1.29 is 4.52 Å². The monoisotopic (exact) mass is 164 g/mol. The van der Waals surface area contributed by atoms with Crippen molar-refractivity contribution in [2.75, 3.05) is 0 Å². The van der Waals surface area contributed by atoms with Gasteiger partial charge in [0.05, 0.1) is 11.9 Å². The van der Waals surface area contributed by atoms with Crippen LogP contribution in [0.2, 0.25) is 0 Å². The number of nitrogens with one attached hydrogen (secondary N) is 1. The summed E-state index contributed by atoms with van der Waals surface area (Å²) in [5.41, 5.74) is 7.98. The molecule has 0 aromatic carbocycles. The van der Waals surface area contributed by atoms with Gasteiger partial charge in [-0.15, -0.1) is 0 Å². The summed E-state index contributed by atoms with van der Waals surface area (Å²) in [5.74, 6) is 0. The second kappa shape index (κ2) is 2.78. The SMILES string of the molecule is NCc1[nH]ncc1-c1ccon1. The summed E-state index contributed by atoms with van der Waals surface area (Å²) in [7, 11) is 0. The molecule has 2 heterocycles. The molecule has 0 spiro atoms. The Kier molecular flexibility index (Phi) is 1.64. The van der Waals surface area contributed by atoms with Crippen molar-refractivity contribution in [2.45, 2.75) is 6.54 Å². The predicted octanol–water partition coefficient (Wildman–Crippen LogP) is 0.523. The molecule has 62 valence electrons. The highest BCUT2D eigenvalue weighted by atomic mass is 16.5. The van der Waals surface area contributed by atoms with Crippen molar-refractivity contribution in [3.05, 3.63) is 24.2 Å². The van der Waals surface area contributed by atoms with E-state index in [4.69, 9.17) is 10.3 Å². The summed E-state index contributed by atoms with van der Waals surface area (Å²) >= 11 is 0. The molecule has 0 unspecified atom stereocenters. The van der Waals surface area contributed by atoms with E-state index in [9.17, 15) is 0 Å². The normalized spacial score (nSPS) is 10.4. The molecule has 5 nitrogen and oxygen atoms in total. The van der Waals surface area contributed by atoms with Crippen LogP contribution in [0, 0.1) is 0 Å². The van der Waals surface area contributed by atoms with E-state index < -0.39 is 0 Å². The van der Waals surface area contributed by atoms with Crippen LogP contribution >= 0.6 is 0 Å². The van der Waals surface area contributed by atoms with Crippen LogP contribution in [-0.4, -0.2) is 15.4 Å². The van der Waals surface area contributed by atoms with Crippen LogP contribution in [0.3, 0.4) is 0 Å². The molecule has 0 fully saturated rings. The molecule has 0 saturated carbocycles. The van der Waals surface area contributed by atoms with Gasteiger partial charge >= 0.3 is 0 Å². The molecule has 0 aliphatic heterocycles. The molecule has 0 bridgehead atoms. The van der Waals surface area contributed by atoms with E-state index in [-0.39, 0.29) is 0 Å². The third-order valence-electron chi connectivity index (χ3n) is 1.64. The fourth-order valence-corrected chi connectivity index (χ4v) is 1.04. The maximum absolute atomic E-state index is 5.47. The Morgan fingerprint density at radius 1 is 1.58 bits per heavy atom. The number of rotatable bonds is 2. The first-order chi connectivity index (χ1) is 5.92. The van der Waals surface area contributed by atoms with Gasteiger partial charge in [0.1, 0.15) is 12.0 Å². The highest BCUT2D eigenvalue weighted by molar-refractivity contribution is 5.59. The number of nitrogens with zero attached hydrogens (tertiary/aromatic N) is 2. The zero-order valence-electron chi connectivity index (χ0n) is 6.32. The van der Waals surface area contributed by atoms with Crippen LogP contribution in [0.5, 0.6) is 0 Å². The fourth-order valence-electron chi connectivity index (χ4n) is 1.04. The number of aromatic amines is 1. The van der Waals surface area contributed by atoms with Gasteiger partial charge in [-0.05, 0) is 0 Å². The fraction of sp³-hybridized carbons (Fsp3) is 0.143. The Morgan fingerprint density at radius 3 is 3.17 bits per heavy atom. The van der Waals surface area contributed by atoms with Gasteiger partial charge in [-0.2, -0.15) is 5.10 Å². The predicted molar refractivity (Wildman–Crippen MR) is 42.0 cm³/mol. The Labute approximate surface area is 68.6 Å². The number of aromatic nitrogens is 3. The quantitative estimate of drug-likeness (QED) is 0.678. The van der Waals surface area contributed by atoms with Crippen molar-refractivity contribution in [3.8, 4) is 11.3 Å². The summed E-state index contributed by atoms with van der Waals surface area (Å²) in [4.78, 5) is 0. The molecule has 5 heteroatoms. The van der Waals surface area contributed by atoms with Crippen molar-refractivity contribution in [1.29, 1.82) is 0 Å². The molecular weight excluding hydrogens is 156 g/mol. The van der Waals surface area contributed by atoms with E-state index in [2.05, 4.69) is 15.4 Å². The average Bonchev–Trinajstić information content (AvgIpc) is 2.74. The van der Waals surface area contributed by atoms with Gasteiger partial charge in [0.2, 0.25) is 0 Å². The first-order valence-electron chi connectivity index (χ1n) is 3.55. The van der Waals surface area contributed by atoms with Gasteiger partial charge in [0, 0.05) is 18.2 Å². The van der Waals surface area contributed by atoms with Gasteiger partial charge in [0.15, 0.2) is 0 Å². The van der Waals surface area contributed by atoms with Crippen LogP contribution in [-0.2, 0) is 6.54 Å². The number of nitrogens with two attached hydrogens (primary N) is 1. The summed E-state index contributed by atoms with van der Waals surface area (Å²) < 4.78 is 4.71. The summed E-state index contributed by atoms with van der Waals surface area (Å²) in [5, 5.41) is 10.4. The van der Waals surface area contributed by atoms with E-state index in [1.165, 1.54) is 6.26 Å². The second-order valence-corrected chi connectivity index (χ2v) is 2.35. The highest BCUT2D eigenvalue weighted by Crippen LogP contribution is 2.18. The van der Waals surface area contributed by atoms with E-state index in [0.717, 1.165) is 17.0 Å². The third kappa shape index (κ3) is 0.998. The van der Waals surface area contributed by atoms with Crippen LogP contribution in [0.1, 0.15) is 5.69 Å². The first-order valence-corrected chi connectivity index (χ1v) is 3.55. The van der Waals surface area contributed by atoms with Crippen molar-refractivity contribution in [3.63, 3.8) is 0 Å². The molecule has 0 aliphatic rings. The zero-order chi connectivity index (χ0) is 8.39. The van der Waals surface area contributed by atoms with E-state index >= 15 is 0 Å². The van der Waals surface area contributed by atoms with Crippen LogP contribution in [0.15, 0.2) is 23.0 Å². The minimum Gasteiger partial charge on any atom is -0.364 e. The van der Waals surface area contributed by atoms with Crippen molar-refractivity contribution in [1.82, 2.24) is 15.4 Å². The number of hydrogen-bond donors (Lipinski definition) is 2. The summed E-state index contributed by atoms with van der Waals surface area (Å²) in [6.45, 7) is 0.419. The largest absolute Gasteiger partial charge is 0.364 e. The molecule has 2 aromatic heterocycles. The lowest BCUT2D eigenvalue weighted by Crippen LogP contribution is -1.98. The Hall–Kier alpha value is -1.62.